The highest BCUT2D eigenvalue weighted by Crippen LogP contribution is 2.49. The van der Waals surface area contributed by atoms with Gasteiger partial charge < -0.3 is 5.32 Å². The lowest BCUT2D eigenvalue weighted by Crippen LogP contribution is -2.40. The van der Waals surface area contributed by atoms with Crippen LogP contribution >= 0.6 is 27.7 Å². The molecule has 3 rings (SSSR count). The van der Waals surface area contributed by atoms with Gasteiger partial charge in [0, 0.05) is 16.3 Å². The summed E-state index contributed by atoms with van der Waals surface area (Å²) in [6, 6.07) is 8.55. The minimum atomic E-state index is 0.187. The van der Waals surface area contributed by atoms with Crippen molar-refractivity contribution in [3.05, 3.63) is 34.3 Å². The molecule has 1 aromatic rings. The van der Waals surface area contributed by atoms with Crippen molar-refractivity contribution in [1.29, 1.82) is 0 Å². The predicted octanol–water partition coefficient (Wildman–Crippen LogP) is 4.62. The first kappa shape index (κ1) is 16.4. The van der Waals surface area contributed by atoms with E-state index in [-0.39, 0.29) is 5.91 Å². The molecule has 2 nitrogen and oxygen atoms in total. The van der Waals surface area contributed by atoms with E-state index in [9.17, 15) is 4.79 Å². The summed E-state index contributed by atoms with van der Waals surface area (Å²) in [5.41, 5.74) is 1.25. The molecule has 0 radical (unpaired) electrons. The van der Waals surface area contributed by atoms with E-state index < -0.39 is 0 Å². The number of carbonyl (C=O) groups is 1. The number of nitrogens with one attached hydrogen (secondary N) is 1. The van der Waals surface area contributed by atoms with E-state index in [4.69, 9.17) is 0 Å². The molecular formula is C18H24BrNOS. The quantitative estimate of drug-likeness (QED) is 0.778. The molecule has 2 aliphatic rings. The SMILES string of the molecule is C[C@@H](NC(=O)CSCc1ccccc1Br)[C@@H]1C[C@@H]2CC[C@@H]1C2. The van der Waals surface area contributed by atoms with Gasteiger partial charge in [0.05, 0.1) is 5.75 Å². The number of fused-ring (bicyclic) bond motifs is 2. The van der Waals surface area contributed by atoms with Crippen LogP contribution in [0, 0.1) is 17.8 Å². The number of amides is 1. The van der Waals surface area contributed by atoms with Gasteiger partial charge in [-0.15, -0.1) is 11.8 Å². The lowest BCUT2D eigenvalue weighted by Gasteiger charge is -2.28. The lowest BCUT2D eigenvalue weighted by atomic mass is 9.84. The summed E-state index contributed by atoms with van der Waals surface area (Å²) in [5.74, 6) is 4.14. The average molecular weight is 382 g/mol. The summed E-state index contributed by atoms with van der Waals surface area (Å²) in [4.78, 5) is 12.1. The number of carbonyl (C=O) groups excluding carboxylic acids is 1. The second kappa shape index (κ2) is 7.39. The van der Waals surface area contributed by atoms with E-state index in [0.29, 0.717) is 11.8 Å². The van der Waals surface area contributed by atoms with Crippen molar-refractivity contribution < 1.29 is 4.79 Å². The highest BCUT2D eigenvalue weighted by molar-refractivity contribution is 9.10. The van der Waals surface area contributed by atoms with Crippen LogP contribution in [-0.4, -0.2) is 17.7 Å². The topological polar surface area (TPSA) is 29.1 Å². The summed E-state index contributed by atoms with van der Waals surface area (Å²) in [6.45, 7) is 2.20. The fraction of sp³-hybridized carbons (Fsp3) is 0.611. The van der Waals surface area contributed by atoms with E-state index in [1.165, 1.54) is 31.2 Å². The zero-order valence-corrected chi connectivity index (χ0v) is 15.5. The van der Waals surface area contributed by atoms with Gasteiger partial charge in [0.15, 0.2) is 0 Å². The first-order chi connectivity index (χ1) is 10.6. The predicted molar refractivity (Wildman–Crippen MR) is 96.8 cm³/mol. The van der Waals surface area contributed by atoms with Crippen molar-refractivity contribution in [1.82, 2.24) is 5.32 Å². The number of thioether (sulfide) groups is 1. The van der Waals surface area contributed by atoms with Crippen molar-refractivity contribution in [2.75, 3.05) is 5.75 Å². The molecule has 0 heterocycles. The van der Waals surface area contributed by atoms with Gasteiger partial charge in [0.2, 0.25) is 5.91 Å². The summed E-state index contributed by atoms with van der Waals surface area (Å²) < 4.78 is 1.12. The molecule has 120 valence electrons. The smallest absolute Gasteiger partial charge is 0.230 e. The minimum Gasteiger partial charge on any atom is -0.353 e. The molecule has 0 unspecified atom stereocenters. The van der Waals surface area contributed by atoms with Gasteiger partial charge in [-0.05, 0) is 55.6 Å². The van der Waals surface area contributed by atoms with Crippen LogP contribution in [0.4, 0.5) is 0 Å². The maximum Gasteiger partial charge on any atom is 0.230 e. The van der Waals surface area contributed by atoms with E-state index >= 15 is 0 Å². The van der Waals surface area contributed by atoms with Crippen molar-refractivity contribution in [2.45, 2.75) is 44.4 Å². The van der Waals surface area contributed by atoms with Gasteiger partial charge in [-0.2, -0.15) is 0 Å². The number of rotatable bonds is 6. The summed E-state index contributed by atoms with van der Waals surface area (Å²) in [6.07, 6.45) is 5.54. The van der Waals surface area contributed by atoms with Gasteiger partial charge in [-0.25, -0.2) is 0 Å². The van der Waals surface area contributed by atoms with Gasteiger partial charge in [0.25, 0.3) is 0 Å². The number of halogens is 1. The molecule has 22 heavy (non-hydrogen) atoms. The van der Waals surface area contributed by atoms with Crippen LogP contribution in [0.1, 0.15) is 38.2 Å². The molecular weight excluding hydrogens is 358 g/mol. The van der Waals surface area contributed by atoms with Crippen LogP contribution in [0.25, 0.3) is 0 Å². The van der Waals surface area contributed by atoms with Crippen LogP contribution < -0.4 is 5.32 Å². The zero-order chi connectivity index (χ0) is 15.5. The Morgan fingerprint density at radius 2 is 2.18 bits per heavy atom. The van der Waals surface area contributed by atoms with Crippen LogP contribution in [0.2, 0.25) is 0 Å². The third kappa shape index (κ3) is 3.88. The largest absolute Gasteiger partial charge is 0.353 e. The Labute approximate surface area is 146 Å². The minimum absolute atomic E-state index is 0.187. The van der Waals surface area contributed by atoms with Crippen LogP contribution in [0.5, 0.6) is 0 Å². The molecule has 4 heteroatoms. The molecule has 2 fully saturated rings. The molecule has 0 saturated heterocycles. The highest BCUT2D eigenvalue weighted by Gasteiger charge is 2.42. The Kier molecular flexibility index (Phi) is 5.50. The van der Waals surface area contributed by atoms with Crippen LogP contribution in [0.15, 0.2) is 28.7 Å². The van der Waals surface area contributed by atoms with E-state index in [2.05, 4.69) is 34.2 Å². The molecule has 4 atom stereocenters. The lowest BCUT2D eigenvalue weighted by molar-refractivity contribution is -0.119. The maximum atomic E-state index is 12.1. The number of benzene rings is 1. The molecule has 0 aromatic heterocycles. The third-order valence-corrected chi connectivity index (χ3v) is 7.03. The molecule has 1 N–H and O–H groups in total. The Bertz CT molecular complexity index is 536. The Hall–Kier alpha value is -0.480. The Morgan fingerprint density at radius 1 is 1.36 bits per heavy atom. The first-order valence-electron chi connectivity index (χ1n) is 8.24. The molecule has 1 amide bonds. The summed E-state index contributed by atoms with van der Waals surface area (Å²) in [7, 11) is 0. The number of hydrogen-bond donors (Lipinski definition) is 1. The van der Waals surface area contributed by atoms with Crippen LogP contribution in [-0.2, 0) is 10.5 Å². The molecule has 0 spiro atoms. The second-order valence-electron chi connectivity index (χ2n) is 6.78. The van der Waals surface area contributed by atoms with Crippen molar-refractivity contribution in [3.63, 3.8) is 0 Å². The third-order valence-electron chi connectivity index (χ3n) is 5.27. The van der Waals surface area contributed by atoms with Gasteiger partial charge in [-0.1, -0.05) is 40.5 Å². The van der Waals surface area contributed by atoms with Crippen molar-refractivity contribution >= 4 is 33.6 Å². The van der Waals surface area contributed by atoms with E-state index in [0.717, 1.165) is 28.0 Å². The Balaban J connectivity index is 1.40. The van der Waals surface area contributed by atoms with Crippen molar-refractivity contribution in [2.24, 2.45) is 17.8 Å². The molecule has 2 aliphatic carbocycles. The zero-order valence-electron chi connectivity index (χ0n) is 13.1. The fourth-order valence-corrected chi connectivity index (χ4v) is 5.63. The maximum absolute atomic E-state index is 12.1. The number of hydrogen-bond acceptors (Lipinski definition) is 2. The summed E-state index contributed by atoms with van der Waals surface area (Å²) >= 11 is 5.24. The standard InChI is InChI=1S/C18H24BrNOS/c1-12(16-9-13-6-7-14(16)8-13)20-18(21)11-22-10-15-4-2-3-5-17(15)19/h2-5,12-14,16H,6-11H2,1H3,(H,20,21)/t12-,13-,14-,16+/m1/s1. The summed E-state index contributed by atoms with van der Waals surface area (Å²) in [5, 5.41) is 3.24. The average Bonchev–Trinajstić information content (AvgIpc) is 3.12. The highest BCUT2D eigenvalue weighted by atomic mass is 79.9. The van der Waals surface area contributed by atoms with E-state index in [1.54, 1.807) is 11.8 Å². The normalized spacial score (nSPS) is 27.8. The van der Waals surface area contributed by atoms with Gasteiger partial charge >= 0.3 is 0 Å². The van der Waals surface area contributed by atoms with E-state index in [1.807, 2.05) is 18.2 Å². The molecule has 2 bridgehead atoms. The second-order valence-corrected chi connectivity index (χ2v) is 8.62. The molecule has 0 aliphatic heterocycles. The molecule has 1 aromatic carbocycles. The fourth-order valence-electron chi connectivity index (χ4n) is 4.18. The van der Waals surface area contributed by atoms with Crippen molar-refractivity contribution in [3.8, 4) is 0 Å². The van der Waals surface area contributed by atoms with Crippen LogP contribution in [0.3, 0.4) is 0 Å². The monoisotopic (exact) mass is 381 g/mol. The van der Waals surface area contributed by atoms with Gasteiger partial charge in [-0.3, -0.25) is 4.79 Å². The van der Waals surface area contributed by atoms with Gasteiger partial charge in [0.1, 0.15) is 0 Å². The Morgan fingerprint density at radius 3 is 2.86 bits per heavy atom. The first-order valence-corrected chi connectivity index (χ1v) is 10.2. The molecule has 2 saturated carbocycles.